The Morgan fingerprint density at radius 1 is 1.16 bits per heavy atom. The van der Waals surface area contributed by atoms with E-state index in [0.717, 1.165) is 18.7 Å². The molecule has 2 aliphatic rings. The number of rotatable bonds is 3. The maximum Gasteiger partial charge on any atom is 0.267 e. The van der Waals surface area contributed by atoms with Gasteiger partial charge in [0.15, 0.2) is 11.5 Å². The van der Waals surface area contributed by atoms with Crippen LogP contribution in [0.2, 0.25) is 0 Å². The van der Waals surface area contributed by atoms with Crippen molar-refractivity contribution in [3.63, 3.8) is 0 Å². The van der Waals surface area contributed by atoms with Crippen LogP contribution in [-0.2, 0) is 4.79 Å². The van der Waals surface area contributed by atoms with Gasteiger partial charge in [0.25, 0.3) is 5.91 Å². The first kappa shape index (κ1) is 15.7. The van der Waals surface area contributed by atoms with Crippen LogP contribution in [0.4, 0.5) is 5.82 Å². The van der Waals surface area contributed by atoms with Gasteiger partial charge in [-0.25, -0.2) is 9.97 Å². The molecule has 1 amide bonds. The standard InChI is InChI=1S/C18H20N4O3/c23-18(16-11-24-14-3-1-2-4-15(14)25-16)22-9-6-13(7-10-22)21-17-5-8-19-12-20-17/h1-5,8,12-13,16H,6-7,9-11H2,(H,19,20,21). The van der Waals surface area contributed by atoms with Crippen molar-refractivity contribution in [1.82, 2.24) is 14.9 Å². The van der Waals surface area contributed by atoms with Crippen LogP contribution in [0.25, 0.3) is 0 Å². The number of carbonyl (C=O) groups excluding carboxylic acids is 1. The fourth-order valence-electron chi connectivity index (χ4n) is 3.17. The van der Waals surface area contributed by atoms with E-state index in [4.69, 9.17) is 9.47 Å². The molecular formula is C18H20N4O3. The summed E-state index contributed by atoms with van der Waals surface area (Å²) in [6.07, 6.45) is 4.42. The van der Waals surface area contributed by atoms with Crippen molar-refractivity contribution >= 4 is 11.7 Å². The van der Waals surface area contributed by atoms with Gasteiger partial charge in [0, 0.05) is 25.3 Å². The van der Waals surface area contributed by atoms with Crippen LogP contribution >= 0.6 is 0 Å². The molecule has 1 atom stereocenters. The Morgan fingerprint density at radius 2 is 1.96 bits per heavy atom. The van der Waals surface area contributed by atoms with Crippen molar-refractivity contribution in [3.05, 3.63) is 42.9 Å². The minimum absolute atomic E-state index is 0.00464. The summed E-state index contributed by atoms with van der Waals surface area (Å²) in [7, 11) is 0. The molecule has 25 heavy (non-hydrogen) atoms. The zero-order valence-corrected chi connectivity index (χ0v) is 13.8. The number of benzene rings is 1. The van der Waals surface area contributed by atoms with Crippen LogP contribution in [0.3, 0.4) is 0 Å². The highest BCUT2D eigenvalue weighted by atomic mass is 16.6. The molecule has 2 aliphatic heterocycles. The summed E-state index contributed by atoms with van der Waals surface area (Å²) in [6, 6.07) is 9.59. The summed E-state index contributed by atoms with van der Waals surface area (Å²) in [4.78, 5) is 22.7. The van der Waals surface area contributed by atoms with Gasteiger partial charge < -0.3 is 19.7 Å². The SMILES string of the molecule is O=C(C1COc2ccccc2O1)N1CCC(Nc2ccncn2)CC1. The van der Waals surface area contributed by atoms with Gasteiger partial charge in [-0.1, -0.05) is 12.1 Å². The van der Waals surface area contributed by atoms with Crippen LogP contribution < -0.4 is 14.8 Å². The van der Waals surface area contributed by atoms with E-state index in [1.807, 2.05) is 35.2 Å². The minimum Gasteiger partial charge on any atom is -0.485 e. The molecule has 0 saturated carbocycles. The first-order valence-corrected chi connectivity index (χ1v) is 8.49. The first-order chi connectivity index (χ1) is 12.3. The second-order valence-electron chi connectivity index (χ2n) is 6.20. The van der Waals surface area contributed by atoms with E-state index in [1.165, 1.54) is 6.33 Å². The van der Waals surface area contributed by atoms with Gasteiger partial charge in [0.2, 0.25) is 6.10 Å². The lowest BCUT2D eigenvalue weighted by atomic mass is 10.0. The van der Waals surface area contributed by atoms with Gasteiger partial charge in [0.05, 0.1) is 0 Å². The largest absolute Gasteiger partial charge is 0.485 e. The molecule has 0 spiro atoms. The third-order valence-corrected chi connectivity index (χ3v) is 4.52. The summed E-state index contributed by atoms with van der Waals surface area (Å²) in [5.41, 5.74) is 0. The number of amides is 1. The topological polar surface area (TPSA) is 76.6 Å². The Balaban J connectivity index is 1.31. The number of carbonyl (C=O) groups is 1. The monoisotopic (exact) mass is 340 g/mol. The number of hydrogen-bond donors (Lipinski definition) is 1. The van der Waals surface area contributed by atoms with E-state index in [2.05, 4.69) is 15.3 Å². The van der Waals surface area contributed by atoms with E-state index in [9.17, 15) is 4.79 Å². The van der Waals surface area contributed by atoms with Crippen molar-refractivity contribution in [3.8, 4) is 11.5 Å². The Hall–Kier alpha value is -2.83. The summed E-state index contributed by atoms with van der Waals surface area (Å²) in [6.45, 7) is 1.65. The average Bonchev–Trinajstić information content (AvgIpc) is 2.68. The first-order valence-electron chi connectivity index (χ1n) is 8.49. The maximum absolute atomic E-state index is 12.7. The number of likely N-dealkylation sites (tertiary alicyclic amines) is 1. The second kappa shape index (κ2) is 6.96. The van der Waals surface area contributed by atoms with Crippen molar-refractivity contribution in [2.45, 2.75) is 25.0 Å². The molecule has 1 fully saturated rings. The number of aromatic nitrogens is 2. The number of piperidine rings is 1. The third kappa shape index (κ3) is 3.50. The number of anilines is 1. The molecule has 130 valence electrons. The van der Waals surface area contributed by atoms with Crippen LogP contribution in [0.5, 0.6) is 11.5 Å². The summed E-state index contributed by atoms with van der Waals surface area (Å²) < 4.78 is 11.5. The zero-order chi connectivity index (χ0) is 17.1. The number of hydrogen-bond acceptors (Lipinski definition) is 6. The highest BCUT2D eigenvalue weighted by Crippen LogP contribution is 2.31. The predicted octanol–water partition coefficient (Wildman–Crippen LogP) is 1.72. The fraction of sp³-hybridized carbons (Fsp3) is 0.389. The number of fused-ring (bicyclic) bond motifs is 1. The summed E-state index contributed by atoms with van der Waals surface area (Å²) >= 11 is 0. The predicted molar refractivity (Wildman–Crippen MR) is 91.6 cm³/mol. The van der Waals surface area contributed by atoms with Crippen LogP contribution in [-0.4, -0.2) is 52.6 Å². The van der Waals surface area contributed by atoms with Gasteiger partial charge >= 0.3 is 0 Å². The van der Waals surface area contributed by atoms with Crippen molar-refractivity contribution in [2.75, 3.05) is 25.0 Å². The van der Waals surface area contributed by atoms with Crippen LogP contribution in [0, 0.1) is 0 Å². The van der Waals surface area contributed by atoms with Gasteiger partial charge in [-0.3, -0.25) is 4.79 Å². The highest BCUT2D eigenvalue weighted by Gasteiger charge is 2.33. The molecule has 2 aromatic rings. The molecule has 0 radical (unpaired) electrons. The van der Waals surface area contributed by atoms with Crippen LogP contribution in [0.15, 0.2) is 42.9 Å². The maximum atomic E-state index is 12.7. The van der Waals surface area contributed by atoms with Gasteiger partial charge in [-0.2, -0.15) is 0 Å². The fourth-order valence-corrected chi connectivity index (χ4v) is 3.17. The molecule has 1 aromatic heterocycles. The Morgan fingerprint density at radius 3 is 2.72 bits per heavy atom. The van der Waals surface area contributed by atoms with Crippen LogP contribution in [0.1, 0.15) is 12.8 Å². The Bertz CT molecular complexity index is 732. The van der Waals surface area contributed by atoms with Gasteiger partial charge in [0.1, 0.15) is 18.8 Å². The number of para-hydroxylation sites is 2. The second-order valence-corrected chi connectivity index (χ2v) is 6.20. The zero-order valence-electron chi connectivity index (χ0n) is 13.8. The molecule has 1 saturated heterocycles. The molecule has 7 heteroatoms. The van der Waals surface area contributed by atoms with Crippen molar-refractivity contribution in [2.24, 2.45) is 0 Å². The minimum atomic E-state index is -0.568. The number of nitrogens with zero attached hydrogens (tertiary/aromatic N) is 3. The number of nitrogens with one attached hydrogen (secondary N) is 1. The normalized spacial score (nSPS) is 20.2. The smallest absolute Gasteiger partial charge is 0.267 e. The molecular weight excluding hydrogens is 320 g/mol. The molecule has 0 bridgehead atoms. The molecule has 7 nitrogen and oxygen atoms in total. The Labute approximate surface area is 146 Å². The van der Waals surface area contributed by atoms with E-state index < -0.39 is 6.10 Å². The average molecular weight is 340 g/mol. The summed E-state index contributed by atoms with van der Waals surface area (Å²) in [5, 5.41) is 3.39. The van der Waals surface area contributed by atoms with E-state index in [-0.39, 0.29) is 12.5 Å². The molecule has 1 unspecified atom stereocenters. The van der Waals surface area contributed by atoms with E-state index in [0.29, 0.717) is 30.6 Å². The molecule has 0 aliphatic carbocycles. The third-order valence-electron chi connectivity index (χ3n) is 4.52. The highest BCUT2D eigenvalue weighted by molar-refractivity contribution is 5.82. The van der Waals surface area contributed by atoms with Gasteiger partial charge in [-0.15, -0.1) is 0 Å². The van der Waals surface area contributed by atoms with Crippen molar-refractivity contribution < 1.29 is 14.3 Å². The lowest BCUT2D eigenvalue weighted by Crippen LogP contribution is -2.50. The van der Waals surface area contributed by atoms with E-state index >= 15 is 0 Å². The van der Waals surface area contributed by atoms with E-state index in [1.54, 1.807) is 6.20 Å². The molecule has 4 rings (SSSR count). The Kier molecular flexibility index (Phi) is 4.37. The van der Waals surface area contributed by atoms with Gasteiger partial charge in [-0.05, 0) is 31.0 Å². The molecule has 3 heterocycles. The number of ether oxygens (including phenoxy) is 2. The lowest BCUT2D eigenvalue weighted by Gasteiger charge is -2.35. The quantitative estimate of drug-likeness (QED) is 0.917. The summed E-state index contributed by atoms with van der Waals surface area (Å²) in [5.74, 6) is 2.14. The molecule has 1 aromatic carbocycles. The van der Waals surface area contributed by atoms with Crippen molar-refractivity contribution in [1.29, 1.82) is 0 Å². The lowest BCUT2D eigenvalue weighted by molar-refractivity contribution is -0.142. The molecule has 1 N–H and O–H groups in total.